The molecule has 0 heterocycles. The fourth-order valence-electron chi connectivity index (χ4n) is 5.75. The summed E-state index contributed by atoms with van der Waals surface area (Å²) in [6, 6.07) is 19.6. The molecule has 0 saturated heterocycles. The van der Waals surface area contributed by atoms with Gasteiger partial charge in [0.05, 0.1) is 22.3 Å². The van der Waals surface area contributed by atoms with E-state index in [0.717, 1.165) is 17.7 Å². The Bertz CT molecular complexity index is 2180. The Balaban J connectivity index is 2.03. The van der Waals surface area contributed by atoms with Crippen molar-refractivity contribution in [2.45, 2.75) is 25.9 Å². The van der Waals surface area contributed by atoms with E-state index < -0.39 is 11.7 Å². The van der Waals surface area contributed by atoms with Crippen LogP contribution in [0.3, 0.4) is 0 Å². The third kappa shape index (κ3) is 4.40. The zero-order valence-corrected chi connectivity index (χ0v) is 22.4. The molecule has 2 aliphatic carbocycles. The van der Waals surface area contributed by atoms with Gasteiger partial charge in [-0.05, 0) is 64.5 Å². The average Bonchev–Trinajstić information content (AvgIpc) is 3.57. The number of hydrogen-bond acceptors (Lipinski definition) is 4. The fraction of sp³-hybridized carbons (Fsp3) is 0.118. The van der Waals surface area contributed by atoms with E-state index in [9.17, 15) is 34.2 Å². The highest BCUT2D eigenvalue weighted by Crippen LogP contribution is 2.38. The first-order valence-electron chi connectivity index (χ1n) is 12.7. The zero-order chi connectivity index (χ0) is 31.1. The molecule has 0 N–H and O–H groups in total. The van der Waals surface area contributed by atoms with Crippen molar-refractivity contribution in [2.75, 3.05) is 0 Å². The molecule has 0 aromatic heterocycles. The van der Waals surface area contributed by atoms with E-state index in [4.69, 9.17) is 13.1 Å². The second kappa shape index (κ2) is 10.5. The maximum atomic E-state index is 13.3. The first-order chi connectivity index (χ1) is 20.6. The molecule has 0 bridgehead atoms. The summed E-state index contributed by atoms with van der Waals surface area (Å²) in [7, 11) is 0. The van der Waals surface area contributed by atoms with Crippen molar-refractivity contribution in [3.05, 3.63) is 149 Å². The Morgan fingerprint density at radius 1 is 0.721 bits per heavy atom. The Hall–Kier alpha value is -6.39. The van der Waals surface area contributed by atoms with E-state index >= 15 is 0 Å². The number of alkyl halides is 3. The van der Waals surface area contributed by atoms with Crippen LogP contribution in [-0.4, -0.2) is 0 Å². The van der Waals surface area contributed by atoms with E-state index in [1.54, 1.807) is 12.1 Å². The smallest absolute Gasteiger partial charge is 0.192 e. The third-order valence-electron chi connectivity index (χ3n) is 7.59. The maximum Gasteiger partial charge on any atom is 0.523 e. The summed E-state index contributed by atoms with van der Waals surface area (Å²) in [5.41, 5.74) is 2.93. The number of nitriles is 4. The number of benzene rings is 3. The van der Waals surface area contributed by atoms with Gasteiger partial charge in [0, 0.05) is 16.9 Å². The maximum absolute atomic E-state index is 13.3. The number of rotatable bonds is 2. The Kier molecular flexibility index (Phi) is 6.90. The Labute approximate surface area is 244 Å². The molecule has 0 saturated carbocycles. The number of hydrogen-bond donors (Lipinski definition) is 0. The predicted molar refractivity (Wildman–Crippen MR) is 149 cm³/mol. The first-order valence-corrected chi connectivity index (χ1v) is 12.7. The van der Waals surface area contributed by atoms with Crippen LogP contribution in [0.15, 0.2) is 71.1 Å². The summed E-state index contributed by atoms with van der Waals surface area (Å²) in [4.78, 5) is 6.83. The van der Waals surface area contributed by atoms with Gasteiger partial charge in [0.25, 0.3) is 0 Å². The first kappa shape index (κ1) is 28.1. The van der Waals surface area contributed by atoms with Crippen LogP contribution in [0.2, 0.25) is 0 Å². The molecule has 9 heteroatoms. The zero-order valence-electron chi connectivity index (χ0n) is 22.4. The van der Waals surface area contributed by atoms with Crippen LogP contribution in [-0.2, 0) is 19.0 Å². The van der Waals surface area contributed by atoms with Crippen LogP contribution in [0.25, 0.3) is 20.8 Å². The quantitative estimate of drug-likeness (QED) is 0.296. The van der Waals surface area contributed by atoms with Gasteiger partial charge < -0.3 is 0 Å². The predicted octanol–water partition coefficient (Wildman–Crippen LogP) is 5.66. The van der Waals surface area contributed by atoms with Gasteiger partial charge in [-0.25, -0.2) is 0 Å². The van der Waals surface area contributed by atoms with Crippen LogP contribution in [0, 0.1) is 65.4 Å². The normalized spacial score (nSPS) is 13.1. The van der Waals surface area contributed by atoms with Gasteiger partial charge in [0.2, 0.25) is 0 Å². The molecule has 0 atom stereocenters. The fourth-order valence-corrected chi connectivity index (χ4v) is 5.75. The lowest BCUT2D eigenvalue weighted by atomic mass is 9.92. The lowest BCUT2D eigenvalue weighted by molar-refractivity contribution is -0.137. The van der Waals surface area contributed by atoms with Crippen LogP contribution in [0.5, 0.6) is 0 Å². The van der Waals surface area contributed by atoms with Gasteiger partial charge >= 0.3 is 12.0 Å². The van der Waals surface area contributed by atoms with Gasteiger partial charge in [-0.1, -0.05) is 42.0 Å². The highest BCUT2D eigenvalue weighted by atomic mass is 19.4. The number of halogens is 3. The molecule has 6 nitrogen and oxygen atoms in total. The van der Waals surface area contributed by atoms with Gasteiger partial charge in [-0.3, -0.25) is 0 Å². The summed E-state index contributed by atoms with van der Waals surface area (Å²) in [6.07, 6.45) is -4.70. The van der Waals surface area contributed by atoms with Crippen LogP contribution < -0.4 is 10.4 Å². The molecule has 0 unspecified atom stereocenters. The average molecular weight is 565 g/mol. The summed E-state index contributed by atoms with van der Waals surface area (Å²) in [6.45, 7) is 17.2. The number of allylic oxidation sites excluding steroid dienone is 3. The molecular formula is C34H15F3N6. The van der Waals surface area contributed by atoms with Gasteiger partial charge in [0.1, 0.15) is 43.0 Å². The molecule has 0 fully saturated rings. The Morgan fingerprint density at radius 3 is 1.58 bits per heavy atom. The third-order valence-corrected chi connectivity index (χ3v) is 7.59. The lowest BCUT2D eigenvalue weighted by Gasteiger charge is -2.11. The summed E-state index contributed by atoms with van der Waals surface area (Å²) < 4.78 is 40.0. The molecule has 3 aromatic rings. The molecule has 0 spiro atoms. The van der Waals surface area contributed by atoms with Gasteiger partial charge in [-0.2, -0.15) is 43.9 Å². The molecule has 202 valence electrons. The summed E-state index contributed by atoms with van der Waals surface area (Å²) in [5.74, 6) is -0.205. The van der Waals surface area contributed by atoms with Crippen LogP contribution in [0.1, 0.15) is 44.5 Å². The summed E-state index contributed by atoms with van der Waals surface area (Å²) in [5, 5.41) is 41.3. The van der Waals surface area contributed by atoms with Crippen molar-refractivity contribution in [2.24, 2.45) is 0 Å². The van der Waals surface area contributed by atoms with E-state index in [-0.39, 0.29) is 57.3 Å². The lowest BCUT2D eigenvalue weighted by Crippen LogP contribution is -2.26. The minimum atomic E-state index is -4.60. The van der Waals surface area contributed by atoms with Gasteiger partial charge in [-0.15, -0.1) is 0 Å². The van der Waals surface area contributed by atoms with Crippen molar-refractivity contribution < 1.29 is 13.2 Å². The molecule has 2 aliphatic rings. The molecule has 0 radical (unpaired) electrons. The van der Waals surface area contributed by atoms with Crippen molar-refractivity contribution in [1.82, 2.24) is 0 Å². The van der Waals surface area contributed by atoms with E-state index in [1.807, 2.05) is 31.2 Å². The minimum Gasteiger partial charge on any atom is -0.192 e. The van der Waals surface area contributed by atoms with E-state index in [1.165, 1.54) is 12.1 Å². The highest BCUT2D eigenvalue weighted by molar-refractivity contribution is 5.91. The van der Waals surface area contributed by atoms with Crippen molar-refractivity contribution in [3.63, 3.8) is 0 Å². The van der Waals surface area contributed by atoms with E-state index in [0.29, 0.717) is 33.1 Å². The second-order valence-corrected chi connectivity index (χ2v) is 9.83. The molecule has 0 amide bonds. The van der Waals surface area contributed by atoms with Crippen molar-refractivity contribution >= 4 is 11.1 Å². The summed E-state index contributed by atoms with van der Waals surface area (Å²) >= 11 is 0. The second-order valence-electron chi connectivity index (χ2n) is 9.83. The number of aryl methyl sites for hydroxylation is 1. The van der Waals surface area contributed by atoms with Crippen molar-refractivity contribution in [1.29, 1.82) is 21.0 Å². The minimum absolute atomic E-state index is 0.00775. The standard InChI is InChI=1S/C34H15F3N6/c1-18-4-6-19(7-5-18)30-26(33(42-2)43-3)13-25-28(17-41)31-24(27(16-40)32(25)30)12-23(21(14-38)15-39)29(31)20-8-10-22(11-9-20)34(35,36)37/h4-11H,12-13H2,1H3. The molecule has 5 rings (SSSR count). The van der Waals surface area contributed by atoms with Crippen LogP contribution in [0.4, 0.5) is 13.2 Å². The topological polar surface area (TPSA) is 104 Å². The number of nitrogens with zero attached hydrogens (tertiary/aromatic N) is 6. The van der Waals surface area contributed by atoms with Gasteiger partial charge in [0.15, 0.2) is 0 Å². The van der Waals surface area contributed by atoms with Crippen molar-refractivity contribution in [3.8, 4) is 24.3 Å². The molecule has 0 aliphatic heterocycles. The molecular weight excluding hydrogens is 549 g/mol. The number of fused-ring (bicyclic) bond motifs is 2. The monoisotopic (exact) mass is 564 g/mol. The van der Waals surface area contributed by atoms with Crippen LogP contribution >= 0.6 is 0 Å². The Morgan fingerprint density at radius 2 is 1.16 bits per heavy atom. The SMILES string of the molecule is [C-]#[N+]C([N+]#[C-])=C1Cc2c(C#N)c3c(c(C#N)c2=C1c1ccc(C)cc1)CC(=C(C#N)C#N)C=3c1ccc(C(F)(F)F)cc1. The largest absolute Gasteiger partial charge is 0.523 e. The molecule has 43 heavy (non-hydrogen) atoms. The molecule has 3 aromatic carbocycles. The van der Waals surface area contributed by atoms with E-state index in [2.05, 4.69) is 21.8 Å². The highest BCUT2D eigenvalue weighted by Gasteiger charge is 2.36.